The highest BCUT2D eigenvalue weighted by Crippen LogP contribution is 2.20. The third-order valence-electron chi connectivity index (χ3n) is 1.29. The highest BCUT2D eigenvalue weighted by molar-refractivity contribution is 8.71. The highest BCUT2D eigenvalue weighted by atomic mass is 33.1. The Morgan fingerprint density at radius 1 is 1.25 bits per heavy atom. The van der Waals surface area contributed by atoms with Gasteiger partial charge in [0, 0.05) is 21.9 Å². The monoisotopic (exact) mass is 258 g/mol. The first-order valence-electron chi connectivity index (χ1n) is 4.15. The zero-order chi connectivity index (χ0) is 11.9. The van der Waals surface area contributed by atoms with Gasteiger partial charge in [0.05, 0.1) is 6.20 Å². The lowest BCUT2D eigenvalue weighted by atomic mass is 10.4. The lowest BCUT2D eigenvalue weighted by Crippen LogP contribution is -2.05. The molecule has 1 aromatic carbocycles. The van der Waals surface area contributed by atoms with Crippen molar-refractivity contribution in [1.29, 1.82) is 0 Å². The summed E-state index contributed by atoms with van der Waals surface area (Å²) in [4.78, 5) is 0.634. The van der Waals surface area contributed by atoms with E-state index in [-0.39, 0.29) is 0 Å². The van der Waals surface area contributed by atoms with Crippen LogP contribution in [0.25, 0.3) is 0 Å². The number of aromatic nitrogens is 3. The number of rotatable bonds is 2. The lowest BCUT2D eigenvalue weighted by Gasteiger charge is -1.95. The van der Waals surface area contributed by atoms with E-state index in [1.165, 1.54) is 0 Å². The van der Waals surface area contributed by atoms with Gasteiger partial charge in [-0.25, -0.2) is 13.6 Å². The topological polar surface area (TPSA) is 102 Å². The van der Waals surface area contributed by atoms with E-state index in [9.17, 15) is 8.42 Å². The normalized spacial score (nSPS) is 10.3. The second-order valence-electron chi connectivity index (χ2n) is 2.55. The van der Waals surface area contributed by atoms with Crippen LogP contribution in [0.1, 0.15) is 0 Å². The molecule has 2 aromatic rings. The summed E-state index contributed by atoms with van der Waals surface area (Å²) in [5.41, 5.74) is 0. The Bertz CT molecular complexity index is 467. The fourth-order valence-corrected chi connectivity index (χ4v) is 2.45. The summed E-state index contributed by atoms with van der Waals surface area (Å²) < 4.78 is 21.1. The number of aromatic amines is 1. The molecule has 0 saturated heterocycles. The standard InChI is InChI=1S/C6H7NO2S2.C2H3N3/c7-11(8,9)10-6-4-2-1-3-5-6;1-2-4-5-3-1/h1-5H,(H2,7,8,9);1-2H,(H,3,4,5). The first-order chi connectivity index (χ1) is 7.58. The molecule has 0 aliphatic rings. The van der Waals surface area contributed by atoms with E-state index in [0.717, 1.165) is 0 Å². The van der Waals surface area contributed by atoms with Gasteiger partial charge in [0.25, 0.3) is 9.06 Å². The van der Waals surface area contributed by atoms with Crippen LogP contribution >= 0.6 is 10.8 Å². The van der Waals surface area contributed by atoms with Crippen LogP contribution in [0.15, 0.2) is 47.6 Å². The molecule has 0 saturated carbocycles. The Morgan fingerprint density at radius 3 is 2.31 bits per heavy atom. The first kappa shape index (κ1) is 12.7. The minimum atomic E-state index is -3.46. The number of benzene rings is 1. The molecule has 0 atom stereocenters. The summed E-state index contributed by atoms with van der Waals surface area (Å²) in [5, 5.41) is 14.1. The average molecular weight is 258 g/mol. The molecule has 0 aliphatic heterocycles. The van der Waals surface area contributed by atoms with E-state index in [0.29, 0.717) is 15.7 Å². The number of hydrogen-bond acceptors (Lipinski definition) is 5. The van der Waals surface area contributed by atoms with Crippen molar-refractivity contribution in [2.45, 2.75) is 4.90 Å². The van der Waals surface area contributed by atoms with Gasteiger partial charge < -0.3 is 0 Å². The minimum Gasteiger partial charge on any atom is -0.266 e. The molecular weight excluding hydrogens is 248 g/mol. The molecule has 6 nitrogen and oxygen atoms in total. The summed E-state index contributed by atoms with van der Waals surface area (Å²) in [7, 11) is -2.81. The van der Waals surface area contributed by atoms with Crippen LogP contribution in [0.5, 0.6) is 0 Å². The van der Waals surface area contributed by atoms with Crippen LogP contribution in [-0.4, -0.2) is 23.8 Å². The van der Waals surface area contributed by atoms with Gasteiger partial charge in [0.15, 0.2) is 0 Å². The summed E-state index contributed by atoms with van der Waals surface area (Å²) in [6.07, 6.45) is 3.24. The molecule has 0 aliphatic carbocycles. The van der Waals surface area contributed by atoms with E-state index in [1.807, 2.05) is 6.07 Å². The minimum absolute atomic E-state index is 0.634. The SMILES string of the molecule is NS(=O)(=O)Sc1ccccc1.c1c[nH]nn1. The smallest absolute Gasteiger partial charge is 0.266 e. The van der Waals surface area contributed by atoms with Gasteiger partial charge in [0.2, 0.25) is 0 Å². The van der Waals surface area contributed by atoms with Crippen molar-refractivity contribution in [3.8, 4) is 0 Å². The van der Waals surface area contributed by atoms with E-state index in [2.05, 4.69) is 15.4 Å². The van der Waals surface area contributed by atoms with Gasteiger partial charge in [-0.2, -0.15) is 0 Å². The fraction of sp³-hybridized carbons (Fsp3) is 0. The lowest BCUT2D eigenvalue weighted by molar-refractivity contribution is 0.612. The van der Waals surface area contributed by atoms with Gasteiger partial charge in [-0.05, 0) is 12.1 Å². The van der Waals surface area contributed by atoms with E-state index in [4.69, 9.17) is 5.14 Å². The van der Waals surface area contributed by atoms with Crippen molar-refractivity contribution in [1.82, 2.24) is 15.4 Å². The van der Waals surface area contributed by atoms with Crippen molar-refractivity contribution < 1.29 is 8.42 Å². The van der Waals surface area contributed by atoms with Crippen molar-refractivity contribution in [2.75, 3.05) is 0 Å². The second-order valence-corrected chi connectivity index (χ2v) is 6.07. The Labute approximate surface area is 96.7 Å². The van der Waals surface area contributed by atoms with Crippen LogP contribution in [-0.2, 0) is 9.06 Å². The van der Waals surface area contributed by atoms with Gasteiger partial charge in [-0.15, -0.1) is 5.10 Å². The first-order valence-corrected chi connectivity index (χ1v) is 7.03. The van der Waals surface area contributed by atoms with Crippen LogP contribution in [0.3, 0.4) is 0 Å². The van der Waals surface area contributed by atoms with E-state index < -0.39 is 9.06 Å². The number of nitrogens with one attached hydrogen (secondary N) is 1. The Hall–Kier alpha value is -1.38. The van der Waals surface area contributed by atoms with Gasteiger partial charge >= 0.3 is 0 Å². The quantitative estimate of drug-likeness (QED) is 0.775. The van der Waals surface area contributed by atoms with Crippen molar-refractivity contribution in [2.24, 2.45) is 5.14 Å². The number of nitrogens with two attached hydrogens (primary N) is 1. The van der Waals surface area contributed by atoms with Crippen LogP contribution in [0.2, 0.25) is 0 Å². The Balaban J connectivity index is 0.000000212. The maximum absolute atomic E-state index is 10.5. The average Bonchev–Trinajstić information content (AvgIpc) is 2.74. The van der Waals surface area contributed by atoms with Crippen molar-refractivity contribution in [3.63, 3.8) is 0 Å². The molecule has 3 N–H and O–H groups in total. The third-order valence-corrected chi connectivity index (χ3v) is 3.26. The second kappa shape index (κ2) is 6.26. The Morgan fingerprint density at radius 2 is 1.94 bits per heavy atom. The van der Waals surface area contributed by atoms with Gasteiger partial charge in [-0.3, -0.25) is 5.10 Å². The number of nitrogens with zero attached hydrogens (tertiary/aromatic N) is 2. The summed E-state index contributed by atoms with van der Waals surface area (Å²) in [5.74, 6) is 0. The fourth-order valence-electron chi connectivity index (χ4n) is 0.777. The highest BCUT2D eigenvalue weighted by Gasteiger charge is 2.03. The maximum atomic E-state index is 10.5. The molecule has 0 bridgehead atoms. The van der Waals surface area contributed by atoms with Crippen LogP contribution in [0, 0.1) is 0 Å². The molecule has 1 aromatic heterocycles. The zero-order valence-corrected chi connectivity index (χ0v) is 9.78. The third kappa shape index (κ3) is 6.17. The molecule has 0 spiro atoms. The molecular formula is C8H10N4O2S2. The van der Waals surface area contributed by atoms with Gasteiger partial charge in [-0.1, -0.05) is 23.4 Å². The van der Waals surface area contributed by atoms with Gasteiger partial charge in [0.1, 0.15) is 0 Å². The molecule has 0 fully saturated rings. The molecule has 0 amide bonds. The van der Waals surface area contributed by atoms with Crippen molar-refractivity contribution >= 4 is 19.8 Å². The maximum Gasteiger partial charge on any atom is 0.266 e. The van der Waals surface area contributed by atoms with E-state index in [1.54, 1.807) is 36.7 Å². The molecule has 0 unspecified atom stereocenters. The number of hydrogen-bond donors (Lipinski definition) is 2. The molecule has 0 radical (unpaired) electrons. The molecule has 86 valence electrons. The molecule has 8 heteroatoms. The molecule has 1 heterocycles. The summed E-state index contributed by atoms with van der Waals surface area (Å²) in [6.45, 7) is 0. The predicted octanol–water partition coefficient (Wildman–Crippen LogP) is 0.787. The predicted molar refractivity (Wildman–Crippen MR) is 61.8 cm³/mol. The summed E-state index contributed by atoms with van der Waals surface area (Å²) in [6, 6.07) is 8.71. The van der Waals surface area contributed by atoms with Crippen molar-refractivity contribution in [3.05, 3.63) is 42.7 Å². The Kier molecular flexibility index (Phi) is 4.96. The number of H-pyrrole nitrogens is 1. The van der Waals surface area contributed by atoms with Crippen LogP contribution in [0.4, 0.5) is 0 Å². The zero-order valence-electron chi connectivity index (χ0n) is 8.15. The molecule has 2 rings (SSSR count). The molecule has 16 heavy (non-hydrogen) atoms. The van der Waals surface area contributed by atoms with E-state index >= 15 is 0 Å². The largest absolute Gasteiger partial charge is 0.266 e. The van der Waals surface area contributed by atoms with Crippen LogP contribution < -0.4 is 5.14 Å². The summed E-state index contributed by atoms with van der Waals surface area (Å²) >= 11 is 0.